The summed E-state index contributed by atoms with van der Waals surface area (Å²) in [5, 5.41) is 13.3. The van der Waals surface area contributed by atoms with E-state index in [2.05, 4.69) is 5.10 Å². The van der Waals surface area contributed by atoms with Crippen molar-refractivity contribution in [2.45, 2.75) is 44.9 Å². The third kappa shape index (κ3) is 3.29. The Labute approximate surface area is 151 Å². The lowest BCUT2D eigenvalue weighted by atomic mass is 10.1. The van der Waals surface area contributed by atoms with E-state index in [1.807, 2.05) is 39.9 Å². The van der Waals surface area contributed by atoms with E-state index in [-0.39, 0.29) is 12.3 Å². The van der Waals surface area contributed by atoms with Gasteiger partial charge in [0, 0.05) is 25.9 Å². The van der Waals surface area contributed by atoms with Crippen molar-refractivity contribution in [2.24, 2.45) is 0 Å². The van der Waals surface area contributed by atoms with Crippen molar-refractivity contribution in [2.75, 3.05) is 6.54 Å². The van der Waals surface area contributed by atoms with Crippen LogP contribution in [0, 0.1) is 0 Å². The number of carboxylic acid groups (broad SMARTS) is 1. The smallest absolute Gasteiger partial charge is 0.303 e. The van der Waals surface area contributed by atoms with Crippen molar-refractivity contribution in [1.82, 2.24) is 14.7 Å². The maximum Gasteiger partial charge on any atom is 0.303 e. The van der Waals surface area contributed by atoms with Gasteiger partial charge in [-0.1, -0.05) is 18.2 Å². The molecule has 0 spiro atoms. The molecule has 0 radical (unpaired) electrons. The first-order valence-corrected chi connectivity index (χ1v) is 8.91. The van der Waals surface area contributed by atoms with E-state index >= 15 is 0 Å². The highest BCUT2D eigenvalue weighted by molar-refractivity contribution is 5.82. The van der Waals surface area contributed by atoms with Gasteiger partial charge in [0.15, 0.2) is 6.10 Å². The number of carboxylic acids is 1. The molecule has 0 saturated carbocycles. The van der Waals surface area contributed by atoms with Crippen LogP contribution in [0.1, 0.15) is 29.8 Å². The Kier molecular flexibility index (Phi) is 4.36. The number of amides is 1. The molecule has 1 amide bonds. The molecule has 1 aromatic heterocycles. The van der Waals surface area contributed by atoms with Crippen molar-refractivity contribution >= 4 is 11.9 Å². The molecule has 1 atom stereocenters. The highest BCUT2D eigenvalue weighted by Crippen LogP contribution is 2.29. The zero-order valence-electron chi connectivity index (χ0n) is 14.4. The highest BCUT2D eigenvalue weighted by atomic mass is 16.5. The highest BCUT2D eigenvalue weighted by Gasteiger charge is 2.33. The van der Waals surface area contributed by atoms with Crippen LogP contribution in [0.3, 0.4) is 0 Å². The number of aliphatic carboxylic acids is 1. The Balaban J connectivity index is 1.45. The van der Waals surface area contributed by atoms with E-state index in [4.69, 9.17) is 9.84 Å². The van der Waals surface area contributed by atoms with Gasteiger partial charge in [-0.3, -0.25) is 14.3 Å². The first-order valence-electron chi connectivity index (χ1n) is 8.91. The van der Waals surface area contributed by atoms with Gasteiger partial charge in [-0.05, 0) is 24.1 Å². The van der Waals surface area contributed by atoms with E-state index in [9.17, 15) is 9.59 Å². The third-order valence-electron chi connectivity index (χ3n) is 4.89. The lowest BCUT2D eigenvalue weighted by Gasteiger charge is -2.23. The molecular weight excluding hydrogens is 334 g/mol. The second kappa shape index (κ2) is 6.82. The molecule has 1 aromatic carbocycles. The van der Waals surface area contributed by atoms with E-state index in [1.54, 1.807) is 0 Å². The van der Waals surface area contributed by atoms with Crippen LogP contribution in [-0.4, -0.2) is 44.3 Å². The average molecular weight is 355 g/mol. The molecule has 0 fully saturated rings. The van der Waals surface area contributed by atoms with Crippen LogP contribution in [0.4, 0.5) is 0 Å². The van der Waals surface area contributed by atoms with E-state index in [1.165, 1.54) is 0 Å². The normalized spacial score (nSPS) is 18.6. The number of fused-ring (bicyclic) bond motifs is 2. The van der Waals surface area contributed by atoms with Crippen LogP contribution in [0.15, 0.2) is 30.3 Å². The maximum absolute atomic E-state index is 12.9. The fourth-order valence-corrected chi connectivity index (χ4v) is 3.59. The molecule has 136 valence electrons. The average Bonchev–Trinajstić information content (AvgIpc) is 3.17. The van der Waals surface area contributed by atoms with Crippen LogP contribution in [0.25, 0.3) is 0 Å². The van der Waals surface area contributed by atoms with E-state index < -0.39 is 12.1 Å². The minimum absolute atomic E-state index is 0.00272. The molecular formula is C19H21N3O4. The first-order chi connectivity index (χ1) is 12.6. The van der Waals surface area contributed by atoms with Gasteiger partial charge in [0.05, 0.1) is 24.4 Å². The van der Waals surface area contributed by atoms with Gasteiger partial charge in [0.25, 0.3) is 5.91 Å². The lowest BCUT2D eigenvalue weighted by molar-refractivity contribution is -0.138. The van der Waals surface area contributed by atoms with Crippen LogP contribution in [-0.2, 0) is 35.5 Å². The minimum Gasteiger partial charge on any atom is -0.481 e. The monoisotopic (exact) mass is 355 g/mol. The molecule has 26 heavy (non-hydrogen) atoms. The van der Waals surface area contributed by atoms with Crippen LogP contribution in [0.5, 0.6) is 5.75 Å². The molecule has 2 aliphatic heterocycles. The van der Waals surface area contributed by atoms with Crippen LogP contribution >= 0.6 is 0 Å². The van der Waals surface area contributed by atoms with E-state index in [0.717, 1.165) is 35.7 Å². The molecule has 2 aliphatic rings. The summed E-state index contributed by atoms with van der Waals surface area (Å²) in [5.41, 5.74) is 2.79. The summed E-state index contributed by atoms with van der Waals surface area (Å²) in [4.78, 5) is 25.5. The molecule has 0 bridgehead atoms. The Bertz CT molecular complexity index is 820. The summed E-state index contributed by atoms with van der Waals surface area (Å²) < 4.78 is 7.74. The third-order valence-corrected chi connectivity index (χ3v) is 4.89. The summed E-state index contributed by atoms with van der Waals surface area (Å²) in [6.07, 6.45) is 1.43. The molecule has 7 heteroatoms. The number of hydrogen-bond acceptors (Lipinski definition) is 4. The van der Waals surface area contributed by atoms with Gasteiger partial charge in [0.1, 0.15) is 5.75 Å². The number of ether oxygens (including phenoxy) is 1. The van der Waals surface area contributed by atoms with Crippen molar-refractivity contribution in [3.8, 4) is 5.75 Å². The molecule has 0 aliphatic carbocycles. The number of benzene rings is 1. The lowest BCUT2D eigenvalue weighted by Crippen LogP contribution is -2.41. The number of para-hydroxylation sites is 1. The quantitative estimate of drug-likeness (QED) is 0.901. The number of hydrogen-bond donors (Lipinski definition) is 1. The zero-order chi connectivity index (χ0) is 18.1. The van der Waals surface area contributed by atoms with Gasteiger partial charge in [-0.2, -0.15) is 5.10 Å². The van der Waals surface area contributed by atoms with Crippen molar-refractivity contribution in [1.29, 1.82) is 0 Å². The molecule has 1 N–H and O–H groups in total. The topological polar surface area (TPSA) is 84.7 Å². The summed E-state index contributed by atoms with van der Waals surface area (Å²) in [5.74, 6) is -0.0347. The molecule has 1 unspecified atom stereocenters. The Morgan fingerprint density at radius 2 is 2.12 bits per heavy atom. The molecule has 0 saturated heterocycles. The number of aromatic nitrogens is 2. The summed E-state index contributed by atoms with van der Waals surface area (Å²) in [6, 6.07) is 9.68. The van der Waals surface area contributed by atoms with Crippen LogP contribution < -0.4 is 4.74 Å². The van der Waals surface area contributed by atoms with Gasteiger partial charge in [-0.25, -0.2) is 0 Å². The summed E-state index contributed by atoms with van der Waals surface area (Å²) in [7, 11) is 0. The predicted octanol–water partition coefficient (Wildman–Crippen LogP) is 1.64. The summed E-state index contributed by atoms with van der Waals surface area (Å²) >= 11 is 0. The molecule has 3 heterocycles. The summed E-state index contributed by atoms with van der Waals surface area (Å²) in [6.45, 7) is 1.88. The van der Waals surface area contributed by atoms with Crippen molar-refractivity contribution in [3.05, 3.63) is 47.3 Å². The second-order valence-electron chi connectivity index (χ2n) is 6.78. The molecule has 7 nitrogen and oxygen atoms in total. The fourth-order valence-electron chi connectivity index (χ4n) is 3.59. The number of aryl methyl sites for hydroxylation is 2. The number of carbonyl (C=O) groups is 2. The maximum atomic E-state index is 12.9. The fraction of sp³-hybridized carbons (Fsp3) is 0.421. The van der Waals surface area contributed by atoms with Crippen molar-refractivity contribution < 1.29 is 19.4 Å². The minimum atomic E-state index is -0.831. The Morgan fingerprint density at radius 3 is 2.92 bits per heavy atom. The van der Waals surface area contributed by atoms with E-state index in [0.29, 0.717) is 25.9 Å². The molecule has 2 aromatic rings. The molecule has 4 rings (SSSR count). The van der Waals surface area contributed by atoms with Crippen LogP contribution in [0.2, 0.25) is 0 Å². The number of nitrogens with zero attached hydrogens (tertiary/aromatic N) is 3. The van der Waals surface area contributed by atoms with Gasteiger partial charge >= 0.3 is 5.97 Å². The zero-order valence-corrected chi connectivity index (χ0v) is 14.4. The second-order valence-corrected chi connectivity index (χ2v) is 6.78. The van der Waals surface area contributed by atoms with Gasteiger partial charge in [0.2, 0.25) is 0 Å². The number of carbonyl (C=O) groups excluding carboxylic acids is 1. The largest absolute Gasteiger partial charge is 0.481 e. The van der Waals surface area contributed by atoms with Gasteiger partial charge < -0.3 is 14.7 Å². The first kappa shape index (κ1) is 16.6. The Morgan fingerprint density at radius 1 is 1.27 bits per heavy atom. The number of rotatable bonds is 4. The standard InChI is InChI=1S/C19H21N3O4/c23-18(24)7-6-14-11-15-12-21(8-3-9-22(15)20-14)19(25)17-10-13-4-1-2-5-16(13)26-17/h1-2,4-5,11,17H,3,6-10,12H2,(H,23,24). The van der Waals surface area contributed by atoms with Gasteiger partial charge in [-0.15, -0.1) is 0 Å². The SMILES string of the molecule is O=C(O)CCc1cc2n(n1)CCCN(C(=O)C1Cc3ccccc3O1)C2. The van der Waals surface area contributed by atoms with Crippen molar-refractivity contribution in [3.63, 3.8) is 0 Å². The Hall–Kier alpha value is -2.83. The predicted molar refractivity (Wildman–Crippen MR) is 92.8 cm³/mol.